The minimum Gasteiger partial charge on any atom is -0.361 e. The molecule has 3 heterocycles. The first kappa shape index (κ1) is 26.0. The summed E-state index contributed by atoms with van der Waals surface area (Å²) in [6.45, 7) is 4.03. The normalized spacial score (nSPS) is 13.7. The van der Waals surface area contributed by atoms with Crippen molar-refractivity contribution in [1.29, 1.82) is 0 Å². The quantitative estimate of drug-likeness (QED) is 0.282. The highest BCUT2D eigenvalue weighted by Gasteiger charge is 2.31. The number of carbonyl (C=O) groups excluding carboxylic acids is 2. The number of hydrogen-bond donors (Lipinski definition) is 1. The summed E-state index contributed by atoms with van der Waals surface area (Å²) in [6, 6.07) is 13.6. The highest BCUT2D eigenvalue weighted by molar-refractivity contribution is 6.30. The topological polar surface area (TPSA) is 80.4 Å². The summed E-state index contributed by atoms with van der Waals surface area (Å²) in [6.07, 6.45) is -1.02. The summed E-state index contributed by atoms with van der Waals surface area (Å²) in [7, 11) is 1.55. The van der Waals surface area contributed by atoms with E-state index in [1.165, 1.54) is 17.0 Å². The molecule has 0 bridgehead atoms. The summed E-state index contributed by atoms with van der Waals surface area (Å²) in [4.78, 5) is 27.8. The maximum Gasteiger partial charge on any atom is 0.254 e. The van der Waals surface area contributed by atoms with Crippen LogP contribution in [0.3, 0.4) is 0 Å². The number of carbonyl (C=O) groups is 2. The van der Waals surface area contributed by atoms with Gasteiger partial charge in [-0.05, 0) is 67.4 Å². The van der Waals surface area contributed by atoms with E-state index in [9.17, 15) is 18.4 Å². The molecule has 0 atom stereocenters. The Morgan fingerprint density at radius 1 is 1.10 bits per heavy atom. The number of halogens is 3. The highest BCUT2D eigenvalue weighted by Crippen LogP contribution is 2.38. The van der Waals surface area contributed by atoms with Crippen LogP contribution in [0.2, 0.25) is 5.02 Å². The minimum absolute atomic E-state index is 0.0261. The molecular weight excluding hydrogens is 538 g/mol. The van der Waals surface area contributed by atoms with E-state index in [2.05, 4.69) is 10.5 Å². The fourth-order valence-electron chi connectivity index (χ4n) is 5.47. The Kier molecular flexibility index (Phi) is 6.34. The Morgan fingerprint density at radius 2 is 1.88 bits per heavy atom. The molecule has 1 saturated heterocycles. The monoisotopic (exact) mass is 562 g/mol. The summed E-state index contributed by atoms with van der Waals surface area (Å²) >= 11 is 5.93. The van der Waals surface area contributed by atoms with Crippen molar-refractivity contribution in [3.8, 4) is 11.1 Å². The number of hydrogen-bond acceptors (Lipinski definition) is 4. The number of aromatic nitrogens is 2. The number of nitrogens with zero attached hydrogens (tertiary/aromatic N) is 3. The molecule has 0 unspecified atom stereocenters. The van der Waals surface area contributed by atoms with Crippen LogP contribution < -0.4 is 5.32 Å². The number of fused-ring (bicyclic) bond motifs is 3. The Labute approximate surface area is 233 Å². The number of aryl methyl sites for hydroxylation is 2. The lowest BCUT2D eigenvalue weighted by molar-refractivity contribution is 0.0400. The predicted molar refractivity (Wildman–Crippen MR) is 149 cm³/mol. The van der Waals surface area contributed by atoms with Gasteiger partial charge in [-0.15, -0.1) is 0 Å². The summed E-state index contributed by atoms with van der Waals surface area (Å²) in [5.74, 6) is -0.507. The first-order chi connectivity index (χ1) is 19.2. The highest BCUT2D eigenvalue weighted by atomic mass is 35.5. The number of benzene rings is 3. The van der Waals surface area contributed by atoms with Gasteiger partial charge in [-0.1, -0.05) is 22.8 Å². The van der Waals surface area contributed by atoms with Crippen molar-refractivity contribution >= 4 is 45.2 Å². The number of nitrogens with one attached hydrogen (secondary N) is 1. The molecule has 2 amide bonds. The summed E-state index contributed by atoms with van der Waals surface area (Å²) in [5, 5.41) is 8.15. The molecule has 0 saturated carbocycles. The molecule has 1 N–H and O–H groups in total. The van der Waals surface area contributed by atoms with Gasteiger partial charge in [-0.25, -0.2) is 8.78 Å². The van der Waals surface area contributed by atoms with E-state index in [0.29, 0.717) is 44.4 Å². The van der Waals surface area contributed by atoms with E-state index < -0.39 is 12.0 Å². The molecule has 204 valence electrons. The Hall–Kier alpha value is -4.24. The molecule has 0 aliphatic carbocycles. The maximum absolute atomic E-state index is 14.4. The van der Waals surface area contributed by atoms with Gasteiger partial charge in [0, 0.05) is 46.6 Å². The molecule has 0 spiro atoms. The van der Waals surface area contributed by atoms with Gasteiger partial charge in [0.1, 0.15) is 17.7 Å². The minimum atomic E-state index is -1.02. The van der Waals surface area contributed by atoms with Crippen LogP contribution in [0.5, 0.6) is 0 Å². The third-order valence-electron chi connectivity index (χ3n) is 7.45. The van der Waals surface area contributed by atoms with Gasteiger partial charge in [0.15, 0.2) is 0 Å². The molecule has 40 heavy (non-hydrogen) atoms. The average molecular weight is 563 g/mol. The van der Waals surface area contributed by atoms with Crippen molar-refractivity contribution in [2.24, 2.45) is 0 Å². The van der Waals surface area contributed by atoms with Gasteiger partial charge in [0.05, 0.1) is 29.3 Å². The molecule has 7 nitrogen and oxygen atoms in total. The smallest absolute Gasteiger partial charge is 0.254 e. The second kappa shape index (κ2) is 9.75. The van der Waals surface area contributed by atoms with Crippen molar-refractivity contribution in [2.45, 2.75) is 26.6 Å². The second-order valence-corrected chi connectivity index (χ2v) is 10.5. The van der Waals surface area contributed by atoms with Crippen molar-refractivity contribution in [3.05, 3.63) is 87.5 Å². The number of rotatable bonds is 5. The van der Waals surface area contributed by atoms with Gasteiger partial charge in [0.25, 0.3) is 11.8 Å². The zero-order valence-corrected chi connectivity index (χ0v) is 22.8. The fraction of sp³-hybridized carbons (Fsp3) is 0.233. The standard InChI is InChI=1S/C30H25ClF2N4O3/c1-15-27(16(2)40-35-15)19-10-22(29(38)34-3)28-21-9-18(30(39)36-13-20(32)14-36)5-7-25(21)37(26(28)11-19)12-17-4-6-23(31)24(33)8-17/h4-11,20H,12-14H2,1-3H3,(H,34,38). The van der Waals surface area contributed by atoms with Crippen molar-refractivity contribution < 1.29 is 22.9 Å². The van der Waals surface area contributed by atoms with Crippen LogP contribution >= 0.6 is 11.6 Å². The molecule has 0 radical (unpaired) electrons. The average Bonchev–Trinajstić information content (AvgIpc) is 3.42. The molecule has 10 heteroatoms. The van der Waals surface area contributed by atoms with Gasteiger partial charge < -0.3 is 19.3 Å². The van der Waals surface area contributed by atoms with Crippen LogP contribution in [0.4, 0.5) is 8.78 Å². The zero-order valence-electron chi connectivity index (χ0n) is 22.0. The summed E-state index contributed by atoms with van der Waals surface area (Å²) < 4.78 is 35.3. The van der Waals surface area contributed by atoms with Gasteiger partial charge in [-0.3, -0.25) is 9.59 Å². The van der Waals surface area contributed by atoms with Crippen LogP contribution in [0.1, 0.15) is 37.7 Å². The maximum atomic E-state index is 14.4. The molecule has 5 aromatic rings. The van der Waals surface area contributed by atoms with Crippen molar-refractivity contribution in [1.82, 2.24) is 19.9 Å². The van der Waals surface area contributed by atoms with Crippen LogP contribution in [-0.4, -0.2) is 52.7 Å². The van der Waals surface area contributed by atoms with Crippen LogP contribution in [0, 0.1) is 19.7 Å². The molecule has 3 aromatic carbocycles. The Bertz CT molecular complexity index is 1820. The molecule has 6 rings (SSSR count). The first-order valence-electron chi connectivity index (χ1n) is 12.8. The lowest BCUT2D eigenvalue weighted by Crippen LogP contribution is -2.51. The first-order valence-corrected chi connectivity index (χ1v) is 13.2. The van der Waals surface area contributed by atoms with E-state index in [0.717, 1.165) is 16.6 Å². The number of amides is 2. The van der Waals surface area contributed by atoms with Crippen LogP contribution in [0.25, 0.3) is 32.9 Å². The van der Waals surface area contributed by atoms with Gasteiger partial charge >= 0.3 is 0 Å². The molecule has 1 aliphatic heterocycles. The van der Waals surface area contributed by atoms with Gasteiger partial charge in [0.2, 0.25) is 0 Å². The van der Waals surface area contributed by atoms with E-state index in [4.69, 9.17) is 16.1 Å². The lowest BCUT2D eigenvalue weighted by Gasteiger charge is -2.34. The predicted octanol–water partition coefficient (Wildman–Crippen LogP) is 6.06. The third kappa shape index (κ3) is 4.21. The molecule has 1 aliphatic rings. The van der Waals surface area contributed by atoms with Gasteiger partial charge in [-0.2, -0.15) is 0 Å². The Balaban J connectivity index is 1.64. The van der Waals surface area contributed by atoms with E-state index in [-0.39, 0.29) is 36.5 Å². The number of likely N-dealkylation sites (tertiary alicyclic amines) is 1. The van der Waals surface area contributed by atoms with E-state index >= 15 is 0 Å². The Morgan fingerprint density at radius 3 is 2.52 bits per heavy atom. The molecule has 1 fully saturated rings. The largest absolute Gasteiger partial charge is 0.361 e. The van der Waals surface area contributed by atoms with Crippen LogP contribution in [-0.2, 0) is 6.54 Å². The van der Waals surface area contributed by atoms with E-state index in [1.54, 1.807) is 38.2 Å². The lowest BCUT2D eigenvalue weighted by atomic mass is 9.96. The number of alkyl halides is 1. The molecular formula is C30H25ClF2N4O3. The fourth-order valence-corrected chi connectivity index (χ4v) is 5.59. The second-order valence-electron chi connectivity index (χ2n) is 10.1. The zero-order chi connectivity index (χ0) is 28.3. The SMILES string of the molecule is CNC(=O)c1cc(-c2c(C)noc2C)cc2c1c1cc(C(=O)N3CC(F)C3)ccc1n2Cc1ccc(Cl)c(F)c1. The van der Waals surface area contributed by atoms with E-state index in [1.807, 2.05) is 23.6 Å². The third-order valence-corrected chi connectivity index (χ3v) is 7.76. The van der Waals surface area contributed by atoms with Crippen molar-refractivity contribution in [3.63, 3.8) is 0 Å². The molecule has 2 aromatic heterocycles. The van der Waals surface area contributed by atoms with Crippen molar-refractivity contribution in [2.75, 3.05) is 20.1 Å². The summed E-state index contributed by atoms with van der Waals surface area (Å²) in [5.41, 5.74) is 5.10. The van der Waals surface area contributed by atoms with Crippen LogP contribution in [0.15, 0.2) is 53.1 Å².